The monoisotopic (exact) mass is 226 g/mol. The number of aliphatic hydroxyl groups is 3. The molecule has 0 aromatic rings. The van der Waals surface area contributed by atoms with Crippen LogP contribution in [0.15, 0.2) is 0 Å². The van der Waals surface area contributed by atoms with Crippen LogP contribution in [0.3, 0.4) is 0 Å². The molecule has 4 atom stereocenters. The highest BCUT2D eigenvalue weighted by Gasteiger charge is 2.58. The fourth-order valence-corrected chi connectivity index (χ4v) is 1.56. The van der Waals surface area contributed by atoms with Crippen LogP contribution in [0.4, 0.5) is 0 Å². The van der Waals surface area contributed by atoms with E-state index in [1.54, 1.807) is 0 Å². The molecule has 6 nitrogen and oxygen atoms in total. The van der Waals surface area contributed by atoms with Crippen LogP contribution in [0.5, 0.6) is 0 Å². The molecular formula is C7H11ClO6. The molecule has 1 rings (SSSR count). The van der Waals surface area contributed by atoms with E-state index in [1.165, 1.54) is 0 Å². The van der Waals surface area contributed by atoms with E-state index in [4.69, 9.17) is 21.4 Å². The third-order valence-corrected chi connectivity index (χ3v) is 2.52. The smallest absolute Gasteiger partial charge is 0.357 e. The Morgan fingerprint density at radius 2 is 2.21 bits per heavy atom. The highest BCUT2D eigenvalue weighted by molar-refractivity contribution is 6.33. The lowest BCUT2D eigenvalue weighted by molar-refractivity contribution is -0.163. The summed E-state index contributed by atoms with van der Waals surface area (Å²) < 4.78 is 9.12. The average Bonchev–Trinajstić information content (AvgIpc) is 2.42. The van der Waals surface area contributed by atoms with Gasteiger partial charge in [0.05, 0.1) is 13.7 Å². The number of methoxy groups -OCH3 is 1. The predicted octanol–water partition coefficient (Wildman–Crippen LogP) is -1.79. The second kappa shape index (κ2) is 4.00. The molecule has 7 heteroatoms. The number of alkyl halides is 1. The molecule has 0 amide bonds. The summed E-state index contributed by atoms with van der Waals surface area (Å²) in [5, 5.41) is 25.3. The quantitative estimate of drug-likeness (QED) is 0.380. The van der Waals surface area contributed by atoms with E-state index in [0.29, 0.717) is 0 Å². The zero-order chi connectivity index (χ0) is 10.9. The van der Waals surface area contributed by atoms with Crippen molar-refractivity contribution in [2.75, 3.05) is 13.7 Å². The second-order valence-electron chi connectivity index (χ2n) is 2.91. The maximum absolute atomic E-state index is 11.1. The van der Waals surface area contributed by atoms with Gasteiger partial charge in [0.15, 0.2) is 0 Å². The van der Waals surface area contributed by atoms with Crippen molar-refractivity contribution in [3.05, 3.63) is 0 Å². The Morgan fingerprint density at radius 3 is 2.57 bits per heavy atom. The van der Waals surface area contributed by atoms with Crippen LogP contribution in [0.2, 0.25) is 0 Å². The zero-order valence-corrected chi connectivity index (χ0v) is 8.14. The minimum Gasteiger partial charge on any atom is -0.466 e. The number of aliphatic hydroxyl groups excluding tert-OH is 3. The lowest BCUT2D eigenvalue weighted by atomic mass is 10.1. The predicted molar refractivity (Wildman–Crippen MR) is 44.6 cm³/mol. The van der Waals surface area contributed by atoms with Crippen molar-refractivity contribution in [1.82, 2.24) is 0 Å². The molecule has 0 bridgehead atoms. The Kier molecular flexibility index (Phi) is 3.33. The normalized spacial score (nSPS) is 42.5. The van der Waals surface area contributed by atoms with Crippen molar-refractivity contribution in [2.24, 2.45) is 0 Å². The molecule has 1 aliphatic heterocycles. The molecule has 3 N–H and O–H groups in total. The van der Waals surface area contributed by atoms with E-state index in [-0.39, 0.29) is 0 Å². The number of carbonyl (C=O) groups excluding carboxylic acids is 1. The van der Waals surface area contributed by atoms with E-state index >= 15 is 0 Å². The first kappa shape index (κ1) is 11.7. The molecule has 1 unspecified atom stereocenters. The number of esters is 1. The molecule has 0 saturated carbocycles. The Hall–Kier alpha value is -0.400. The Bertz CT molecular complexity index is 234. The van der Waals surface area contributed by atoms with Gasteiger partial charge in [-0.1, -0.05) is 11.6 Å². The van der Waals surface area contributed by atoms with E-state index in [0.717, 1.165) is 7.11 Å². The van der Waals surface area contributed by atoms with Crippen molar-refractivity contribution in [3.8, 4) is 0 Å². The van der Waals surface area contributed by atoms with Gasteiger partial charge in [0.25, 0.3) is 5.06 Å². The Labute approximate surface area is 85.0 Å². The van der Waals surface area contributed by atoms with Crippen molar-refractivity contribution in [3.63, 3.8) is 0 Å². The van der Waals surface area contributed by atoms with Crippen LogP contribution in [0, 0.1) is 0 Å². The van der Waals surface area contributed by atoms with Crippen LogP contribution < -0.4 is 0 Å². The first-order valence-corrected chi connectivity index (χ1v) is 4.27. The van der Waals surface area contributed by atoms with E-state index in [1.807, 2.05) is 0 Å². The maximum atomic E-state index is 11.1. The molecule has 0 aliphatic carbocycles. The van der Waals surface area contributed by atoms with Crippen LogP contribution in [0.1, 0.15) is 0 Å². The Morgan fingerprint density at radius 1 is 1.64 bits per heavy atom. The third kappa shape index (κ3) is 1.59. The minimum absolute atomic E-state index is 0.552. The topological polar surface area (TPSA) is 96.2 Å². The third-order valence-electron chi connectivity index (χ3n) is 2.05. The molecule has 0 aromatic carbocycles. The van der Waals surface area contributed by atoms with Gasteiger partial charge < -0.3 is 24.8 Å². The summed E-state index contributed by atoms with van der Waals surface area (Å²) in [5.74, 6) is -1.01. The summed E-state index contributed by atoms with van der Waals surface area (Å²) >= 11 is 5.62. The van der Waals surface area contributed by atoms with E-state index in [9.17, 15) is 15.0 Å². The number of ether oxygens (including phenoxy) is 2. The van der Waals surface area contributed by atoms with Gasteiger partial charge >= 0.3 is 5.97 Å². The second-order valence-corrected chi connectivity index (χ2v) is 3.47. The van der Waals surface area contributed by atoms with Crippen LogP contribution in [-0.4, -0.2) is 58.4 Å². The molecule has 1 heterocycles. The average molecular weight is 227 g/mol. The van der Waals surface area contributed by atoms with Crippen molar-refractivity contribution in [2.45, 2.75) is 23.4 Å². The summed E-state index contributed by atoms with van der Waals surface area (Å²) in [7, 11) is 1.07. The zero-order valence-electron chi connectivity index (χ0n) is 7.38. The summed E-state index contributed by atoms with van der Waals surface area (Å²) in [4.78, 5) is 11.1. The van der Waals surface area contributed by atoms with E-state index < -0.39 is 35.9 Å². The molecule has 1 saturated heterocycles. The van der Waals surface area contributed by atoms with Crippen LogP contribution in [0.25, 0.3) is 0 Å². The van der Waals surface area contributed by atoms with Gasteiger partial charge in [-0.25, -0.2) is 4.79 Å². The molecule has 0 spiro atoms. The number of hydrogen-bond acceptors (Lipinski definition) is 6. The SMILES string of the molecule is COC(=O)C1(Cl)O[C@H](CO)[C@H](O)[C@H]1O. The lowest BCUT2D eigenvalue weighted by Gasteiger charge is -2.21. The van der Waals surface area contributed by atoms with Crippen molar-refractivity contribution >= 4 is 17.6 Å². The highest BCUT2D eigenvalue weighted by Crippen LogP contribution is 2.35. The molecule has 0 aromatic heterocycles. The lowest BCUT2D eigenvalue weighted by Crippen LogP contribution is -2.45. The van der Waals surface area contributed by atoms with Crippen LogP contribution >= 0.6 is 11.6 Å². The molecule has 1 aliphatic rings. The number of halogens is 1. The highest BCUT2D eigenvalue weighted by atomic mass is 35.5. The van der Waals surface area contributed by atoms with Gasteiger partial charge in [-0.15, -0.1) is 0 Å². The number of carbonyl (C=O) groups is 1. The van der Waals surface area contributed by atoms with Gasteiger partial charge in [-0.05, 0) is 0 Å². The standard InChI is InChI=1S/C7H11ClO6/c1-13-6(12)7(8)5(11)4(10)3(2-9)14-7/h3-5,9-11H,2H2,1H3/t3-,4+,5-,7?/m1/s1. The van der Waals surface area contributed by atoms with Gasteiger partial charge in [-0.2, -0.15) is 0 Å². The summed E-state index contributed by atoms with van der Waals surface area (Å²) in [6.07, 6.45) is -4.15. The molecular weight excluding hydrogens is 216 g/mol. The fraction of sp³-hybridized carbons (Fsp3) is 0.857. The van der Waals surface area contributed by atoms with Crippen LogP contribution in [-0.2, 0) is 14.3 Å². The van der Waals surface area contributed by atoms with Gasteiger partial charge in [0.2, 0.25) is 0 Å². The van der Waals surface area contributed by atoms with Gasteiger partial charge in [0.1, 0.15) is 18.3 Å². The summed E-state index contributed by atoms with van der Waals surface area (Å²) in [6, 6.07) is 0. The summed E-state index contributed by atoms with van der Waals surface area (Å²) in [6.45, 7) is -0.552. The fourth-order valence-electron chi connectivity index (χ4n) is 1.24. The molecule has 1 fully saturated rings. The number of rotatable bonds is 2. The first-order chi connectivity index (χ1) is 6.47. The van der Waals surface area contributed by atoms with Crippen molar-refractivity contribution < 1.29 is 29.6 Å². The Balaban J connectivity index is 2.87. The molecule has 82 valence electrons. The van der Waals surface area contributed by atoms with Gasteiger partial charge in [0, 0.05) is 0 Å². The summed E-state index contributed by atoms with van der Waals surface area (Å²) in [5.41, 5.74) is 0. The minimum atomic E-state index is -2.14. The van der Waals surface area contributed by atoms with E-state index in [2.05, 4.69) is 4.74 Å². The largest absolute Gasteiger partial charge is 0.466 e. The molecule has 0 radical (unpaired) electrons. The maximum Gasteiger partial charge on any atom is 0.357 e. The van der Waals surface area contributed by atoms with Gasteiger partial charge in [-0.3, -0.25) is 0 Å². The number of hydrogen-bond donors (Lipinski definition) is 3. The molecule has 14 heavy (non-hydrogen) atoms. The van der Waals surface area contributed by atoms with Crippen molar-refractivity contribution in [1.29, 1.82) is 0 Å². The first-order valence-electron chi connectivity index (χ1n) is 3.89.